The van der Waals surface area contributed by atoms with Gasteiger partial charge in [0.2, 0.25) is 0 Å². The van der Waals surface area contributed by atoms with Crippen molar-refractivity contribution in [2.45, 2.75) is 51.4 Å². The molecule has 106 valence electrons. The van der Waals surface area contributed by atoms with Crippen LogP contribution in [0.4, 0.5) is 5.69 Å². The van der Waals surface area contributed by atoms with Gasteiger partial charge in [-0.15, -0.1) is 0 Å². The van der Waals surface area contributed by atoms with Crippen molar-refractivity contribution in [3.05, 3.63) is 29.8 Å². The molecule has 0 amide bonds. The Morgan fingerprint density at radius 3 is 2.89 bits per heavy atom. The molecule has 0 aliphatic heterocycles. The summed E-state index contributed by atoms with van der Waals surface area (Å²) >= 11 is 0. The van der Waals surface area contributed by atoms with E-state index in [2.05, 4.69) is 29.6 Å². The van der Waals surface area contributed by atoms with E-state index in [0.29, 0.717) is 18.8 Å². The maximum Gasteiger partial charge on any atom is 0.0736 e. The molecule has 0 bridgehead atoms. The van der Waals surface area contributed by atoms with Crippen molar-refractivity contribution in [3.8, 4) is 0 Å². The maximum absolute atomic E-state index is 5.53. The van der Waals surface area contributed by atoms with E-state index in [1.54, 1.807) is 0 Å². The third-order valence-electron chi connectivity index (χ3n) is 3.80. The molecule has 2 unspecified atom stereocenters. The Bertz CT molecular complexity index is 381. The zero-order valence-electron chi connectivity index (χ0n) is 12.0. The molecular formula is C16H25NO2. The summed E-state index contributed by atoms with van der Waals surface area (Å²) in [6.07, 6.45) is 5.16. The van der Waals surface area contributed by atoms with Crippen LogP contribution in [0.15, 0.2) is 24.3 Å². The van der Waals surface area contributed by atoms with Crippen molar-refractivity contribution < 1.29 is 9.47 Å². The molecule has 1 aromatic rings. The zero-order valence-corrected chi connectivity index (χ0v) is 12.0. The molecule has 1 aromatic carbocycles. The highest BCUT2D eigenvalue weighted by atomic mass is 16.5. The van der Waals surface area contributed by atoms with Crippen molar-refractivity contribution in [1.29, 1.82) is 0 Å². The van der Waals surface area contributed by atoms with E-state index in [1.165, 1.54) is 30.5 Å². The standard InChI is InChI=1S/C16H25NO2/c1-3-19-12-13-7-4-5-10-16(13)17-14-8-6-9-15(11-14)18-2/h4-5,7,10,14-15,17H,3,6,8-9,11-12H2,1-2H3. The largest absolute Gasteiger partial charge is 0.382 e. The van der Waals surface area contributed by atoms with Crippen LogP contribution >= 0.6 is 0 Å². The summed E-state index contributed by atoms with van der Waals surface area (Å²) in [5.74, 6) is 0. The predicted octanol–water partition coefficient (Wildman–Crippen LogP) is 3.59. The van der Waals surface area contributed by atoms with Crippen molar-refractivity contribution in [1.82, 2.24) is 0 Å². The van der Waals surface area contributed by atoms with Crippen LogP contribution in [-0.4, -0.2) is 25.9 Å². The normalized spacial score (nSPS) is 23.3. The highest BCUT2D eigenvalue weighted by Gasteiger charge is 2.21. The van der Waals surface area contributed by atoms with Crippen LogP contribution in [-0.2, 0) is 16.1 Å². The Kier molecular flexibility index (Phi) is 5.67. The summed E-state index contributed by atoms with van der Waals surface area (Å²) in [6, 6.07) is 8.94. The van der Waals surface area contributed by atoms with Gasteiger partial charge in [-0.1, -0.05) is 18.2 Å². The third kappa shape index (κ3) is 4.22. The van der Waals surface area contributed by atoms with Crippen LogP contribution < -0.4 is 5.32 Å². The smallest absolute Gasteiger partial charge is 0.0736 e. The molecule has 0 heterocycles. The van der Waals surface area contributed by atoms with Gasteiger partial charge in [0.15, 0.2) is 0 Å². The molecular weight excluding hydrogens is 238 g/mol. The van der Waals surface area contributed by atoms with Crippen LogP contribution in [0.25, 0.3) is 0 Å². The van der Waals surface area contributed by atoms with Crippen molar-refractivity contribution in [2.24, 2.45) is 0 Å². The van der Waals surface area contributed by atoms with Crippen molar-refractivity contribution >= 4 is 5.69 Å². The van der Waals surface area contributed by atoms with E-state index in [0.717, 1.165) is 13.0 Å². The number of methoxy groups -OCH3 is 1. The molecule has 0 spiro atoms. The Morgan fingerprint density at radius 2 is 2.11 bits per heavy atom. The fraction of sp³-hybridized carbons (Fsp3) is 0.625. The summed E-state index contributed by atoms with van der Waals surface area (Å²) in [7, 11) is 1.82. The van der Waals surface area contributed by atoms with Gasteiger partial charge in [-0.2, -0.15) is 0 Å². The quantitative estimate of drug-likeness (QED) is 0.850. The molecule has 0 saturated heterocycles. The lowest BCUT2D eigenvalue weighted by Gasteiger charge is -2.30. The van der Waals surface area contributed by atoms with Gasteiger partial charge in [0.05, 0.1) is 12.7 Å². The Hall–Kier alpha value is -1.06. The van der Waals surface area contributed by atoms with Crippen LogP contribution in [0.1, 0.15) is 38.2 Å². The minimum Gasteiger partial charge on any atom is -0.382 e. The van der Waals surface area contributed by atoms with Crippen molar-refractivity contribution in [3.63, 3.8) is 0 Å². The molecule has 1 saturated carbocycles. The molecule has 0 aromatic heterocycles. The van der Waals surface area contributed by atoms with E-state index >= 15 is 0 Å². The average Bonchev–Trinajstić information content (AvgIpc) is 2.46. The summed E-state index contributed by atoms with van der Waals surface area (Å²) < 4.78 is 11.0. The minimum absolute atomic E-state index is 0.408. The first-order valence-corrected chi connectivity index (χ1v) is 7.28. The Labute approximate surface area is 116 Å². The monoisotopic (exact) mass is 263 g/mol. The lowest BCUT2D eigenvalue weighted by molar-refractivity contribution is 0.0669. The zero-order chi connectivity index (χ0) is 13.5. The third-order valence-corrected chi connectivity index (χ3v) is 3.80. The molecule has 1 aliphatic carbocycles. The average molecular weight is 263 g/mol. The maximum atomic E-state index is 5.53. The number of para-hydroxylation sites is 1. The lowest BCUT2D eigenvalue weighted by Crippen LogP contribution is -2.31. The lowest BCUT2D eigenvalue weighted by atomic mass is 9.92. The first kappa shape index (κ1) is 14.4. The predicted molar refractivity (Wildman–Crippen MR) is 78.4 cm³/mol. The number of hydrogen-bond acceptors (Lipinski definition) is 3. The Morgan fingerprint density at radius 1 is 1.26 bits per heavy atom. The molecule has 1 aliphatic rings. The number of hydrogen-bond donors (Lipinski definition) is 1. The van der Waals surface area contributed by atoms with Gasteiger partial charge >= 0.3 is 0 Å². The first-order chi connectivity index (χ1) is 9.33. The molecule has 3 nitrogen and oxygen atoms in total. The Balaban J connectivity index is 1.97. The molecule has 0 radical (unpaired) electrons. The molecule has 3 heteroatoms. The van der Waals surface area contributed by atoms with E-state index in [1.807, 2.05) is 14.0 Å². The second-order valence-electron chi connectivity index (χ2n) is 5.16. The SMILES string of the molecule is CCOCc1ccccc1NC1CCCC(OC)C1. The van der Waals surface area contributed by atoms with Gasteiger partial charge in [0, 0.05) is 31.0 Å². The van der Waals surface area contributed by atoms with E-state index < -0.39 is 0 Å². The van der Waals surface area contributed by atoms with Crippen LogP contribution in [0.3, 0.4) is 0 Å². The molecule has 19 heavy (non-hydrogen) atoms. The number of ether oxygens (including phenoxy) is 2. The summed E-state index contributed by atoms with van der Waals surface area (Å²) in [5.41, 5.74) is 2.45. The summed E-state index contributed by atoms with van der Waals surface area (Å²) in [5, 5.41) is 3.66. The highest BCUT2D eigenvalue weighted by molar-refractivity contribution is 5.51. The first-order valence-electron chi connectivity index (χ1n) is 7.28. The van der Waals surface area contributed by atoms with E-state index in [9.17, 15) is 0 Å². The van der Waals surface area contributed by atoms with Gasteiger partial charge in [-0.25, -0.2) is 0 Å². The number of anilines is 1. The van der Waals surface area contributed by atoms with Gasteiger partial charge < -0.3 is 14.8 Å². The number of benzene rings is 1. The van der Waals surface area contributed by atoms with E-state index in [4.69, 9.17) is 9.47 Å². The number of rotatable bonds is 6. The summed E-state index contributed by atoms with van der Waals surface area (Å²) in [4.78, 5) is 0. The van der Waals surface area contributed by atoms with Crippen molar-refractivity contribution in [2.75, 3.05) is 19.0 Å². The van der Waals surface area contributed by atoms with Gasteiger partial charge in [-0.05, 0) is 38.7 Å². The fourth-order valence-electron chi connectivity index (χ4n) is 2.71. The van der Waals surface area contributed by atoms with Crippen LogP contribution in [0.2, 0.25) is 0 Å². The molecule has 2 rings (SSSR count). The minimum atomic E-state index is 0.408. The molecule has 1 N–H and O–H groups in total. The fourth-order valence-corrected chi connectivity index (χ4v) is 2.71. The van der Waals surface area contributed by atoms with Gasteiger partial charge in [0.25, 0.3) is 0 Å². The molecule has 1 fully saturated rings. The second-order valence-corrected chi connectivity index (χ2v) is 5.16. The number of nitrogens with one attached hydrogen (secondary N) is 1. The summed E-state index contributed by atoms with van der Waals surface area (Å²) in [6.45, 7) is 3.46. The second kappa shape index (κ2) is 7.51. The highest BCUT2D eigenvalue weighted by Crippen LogP contribution is 2.25. The van der Waals surface area contributed by atoms with Crippen LogP contribution in [0, 0.1) is 0 Å². The van der Waals surface area contributed by atoms with Crippen LogP contribution in [0.5, 0.6) is 0 Å². The van der Waals surface area contributed by atoms with E-state index in [-0.39, 0.29) is 0 Å². The molecule has 2 atom stereocenters. The topological polar surface area (TPSA) is 30.5 Å². The van der Waals surface area contributed by atoms with Gasteiger partial charge in [-0.3, -0.25) is 0 Å². The van der Waals surface area contributed by atoms with Gasteiger partial charge in [0.1, 0.15) is 0 Å².